The van der Waals surface area contributed by atoms with Gasteiger partial charge >= 0.3 is 5.97 Å². The molecule has 0 bridgehead atoms. The molecule has 222 valence electrons. The number of rotatable bonds is 3. The molecule has 0 aliphatic carbocycles. The highest BCUT2D eigenvalue weighted by Gasteiger charge is 2.50. The summed E-state index contributed by atoms with van der Waals surface area (Å²) in [5.74, 6) is -5.07. The van der Waals surface area contributed by atoms with Crippen molar-refractivity contribution in [2.24, 2.45) is 29.6 Å². The molecule has 0 aromatic heterocycles. The highest BCUT2D eigenvalue weighted by Crippen LogP contribution is 2.37. The van der Waals surface area contributed by atoms with Gasteiger partial charge in [0.25, 0.3) is 0 Å². The smallest absolute Gasteiger partial charge is 0.311 e. The van der Waals surface area contributed by atoms with Gasteiger partial charge in [0.15, 0.2) is 6.29 Å². The highest BCUT2D eigenvalue weighted by molar-refractivity contribution is 5.83. The minimum atomic E-state index is -1.93. The maximum absolute atomic E-state index is 13.3. The van der Waals surface area contributed by atoms with Crippen molar-refractivity contribution in [2.75, 3.05) is 0 Å². The predicted octanol–water partition coefficient (Wildman–Crippen LogP) is 1.57. The van der Waals surface area contributed by atoms with Gasteiger partial charge in [-0.2, -0.15) is 0 Å². The van der Waals surface area contributed by atoms with Crippen molar-refractivity contribution in [3.8, 4) is 0 Å². The Bertz CT molecular complexity index is 813. The van der Waals surface area contributed by atoms with E-state index in [0.29, 0.717) is 6.42 Å². The van der Waals surface area contributed by atoms with Gasteiger partial charge in [0.1, 0.15) is 23.6 Å². The fraction of sp³-hybridized carbons (Fsp3) is 0.929. The maximum atomic E-state index is 13.3. The lowest BCUT2D eigenvalue weighted by Crippen LogP contribution is -2.58. The number of hydrogen-bond acceptors (Lipinski definition) is 10. The summed E-state index contributed by atoms with van der Waals surface area (Å²) in [6.07, 6.45) is -6.78. The molecule has 2 rings (SSSR count). The van der Waals surface area contributed by atoms with Crippen molar-refractivity contribution in [3.05, 3.63) is 0 Å². The zero-order valence-electron chi connectivity index (χ0n) is 24.3. The van der Waals surface area contributed by atoms with Crippen LogP contribution in [0.15, 0.2) is 0 Å². The first-order chi connectivity index (χ1) is 17.4. The topological polar surface area (TPSA) is 163 Å². The van der Waals surface area contributed by atoms with E-state index >= 15 is 0 Å². The van der Waals surface area contributed by atoms with Gasteiger partial charge in [-0.05, 0) is 52.9 Å². The van der Waals surface area contributed by atoms with Crippen LogP contribution >= 0.6 is 0 Å². The Labute approximate surface area is 226 Å². The van der Waals surface area contributed by atoms with Gasteiger partial charge in [-0.3, -0.25) is 9.59 Å². The Kier molecular flexibility index (Phi) is 10.9. The van der Waals surface area contributed by atoms with Gasteiger partial charge in [0.05, 0.1) is 35.9 Å². The number of ether oxygens (including phenoxy) is 3. The average molecular weight is 547 g/mol. The van der Waals surface area contributed by atoms with Crippen molar-refractivity contribution in [2.45, 2.75) is 136 Å². The second kappa shape index (κ2) is 12.6. The fourth-order valence-electron chi connectivity index (χ4n) is 6.17. The number of esters is 1. The zero-order chi connectivity index (χ0) is 29.3. The van der Waals surface area contributed by atoms with E-state index in [2.05, 4.69) is 0 Å². The highest BCUT2D eigenvalue weighted by atomic mass is 16.7. The molecule has 0 radical (unpaired) electrons. The van der Waals surface area contributed by atoms with Crippen molar-refractivity contribution in [3.63, 3.8) is 0 Å². The van der Waals surface area contributed by atoms with E-state index in [1.807, 2.05) is 13.8 Å². The molecule has 14 atom stereocenters. The summed E-state index contributed by atoms with van der Waals surface area (Å²) in [7, 11) is 0. The molecular formula is C28H50O10. The monoisotopic (exact) mass is 546 g/mol. The number of ketones is 1. The third-order valence-corrected chi connectivity index (χ3v) is 8.73. The van der Waals surface area contributed by atoms with Crippen LogP contribution in [0.25, 0.3) is 0 Å². The van der Waals surface area contributed by atoms with Crippen molar-refractivity contribution in [1.82, 2.24) is 0 Å². The Morgan fingerprint density at radius 2 is 1.53 bits per heavy atom. The fourth-order valence-corrected chi connectivity index (χ4v) is 6.17. The molecule has 0 aromatic carbocycles. The lowest BCUT2D eigenvalue weighted by molar-refractivity contribution is -0.298. The average Bonchev–Trinajstić information content (AvgIpc) is 2.84. The minimum Gasteiger partial charge on any atom is -0.459 e. The second-order valence-corrected chi connectivity index (χ2v) is 12.4. The summed E-state index contributed by atoms with van der Waals surface area (Å²) in [4.78, 5) is 26.4. The molecule has 2 saturated heterocycles. The quantitative estimate of drug-likeness (QED) is 0.328. The van der Waals surface area contributed by atoms with Gasteiger partial charge in [-0.25, -0.2) is 0 Å². The summed E-state index contributed by atoms with van der Waals surface area (Å²) < 4.78 is 17.6. The minimum absolute atomic E-state index is 0.100. The largest absolute Gasteiger partial charge is 0.459 e. The number of aliphatic hydroxyl groups is 5. The van der Waals surface area contributed by atoms with Gasteiger partial charge in [-0.15, -0.1) is 0 Å². The normalized spacial score (nSPS) is 50.3. The molecule has 2 unspecified atom stereocenters. The van der Waals surface area contributed by atoms with Gasteiger partial charge < -0.3 is 39.7 Å². The predicted molar refractivity (Wildman–Crippen MR) is 139 cm³/mol. The Hall–Kier alpha value is -1.14. The third-order valence-electron chi connectivity index (χ3n) is 8.73. The molecule has 0 spiro atoms. The molecule has 5 N–H and O–H groups in total. The van der Waals surface area contributed by atoms with Crippen LogP contribution in [0, 0.1) is 29.6 Å². The van der Waals surface area contributed by atoms with Crippen LogP contribution in [0.2, 0.25) is 0 Å². The Morgan fingerprint density at radius 1 is 0.947 bits per heavy atom. The summed E-state index contributed by atoms with van der Waals surface area (Å²) in [6.45, 7) is 14.4. The van der Waals surface area contributed by atoms with Gasteiger partial charge in [0, 0.05) is 17.8 Å². The number of carbonyl (C=O) groups excluding carboxylic acids is 2. The van der Waals surface area contributed by atoms with Crippen LogP contribution in [0.4, 0.5) is 0 Å². The van der Waals surface area contributed by atoms with E-state index in [4.69, 9.17) is 14.2 Å². The van der Waals surface area contributed by atoms with Crippen molar-refractivity contribution in [1.29, 1.82) is 0 Å². The van der Waals surface area contributed by atoms with Crippen molar-refractivity contribution >= 4 is 11.8 Å². The number of hydrogen-bond donors (Lipinski definition) is 5. The summed E-state index contributed by atoms with van der Waals surface area (Å²) >= 11 is 0. The third kappa shape index (κ3) is 6.95. The molecule has 2 aliphatic heterocycles. The molecule has 10 heteroatoms. The first-order valence-corrected chi connectivity index (χ1v) is 13.9. The molecule has 0 amide bonds. The van der Waals surface area contributed by atoms with Gasteiger partial charge in [-0.1, -0.05) is 34.6 Å². The number of Topliss-reactive ketones (excluding diaryl/α,β-unsaturated/α-hetero) is 1. The van der Waals surface area contributed by atoms with Crippen LogP contribution in [-0.2, 0) is 23.8 Å². The van der Waals surface area contributed by atoms with Crippen LogP contribution in [0.1, 0.15) is 81.6 Å². The number of aliphatic hydroxyl groups excluding tert-OH is 3. The molecule has 2 fully saturated rings. The van der Waals surface area contributed by atoms with Crippen molar-refractivity contribution < 1.29 is 49.3 Å². The Morgan fingerprint density at radius 3 is 2.08 bits per heavy atom. The van der Waals surface area contributed by atoms with Crippen LogP contribution in [0.3, 0.4) is 0 Å². The first-order valence-electron chi connectivity index (χ1n) is 13.9. The van der Waals surface area contributed by atoms with Crippen LogP contribution in [-0.4, -0.2) is 91.4 Å². The zero-order valence-corrected chi connectivity index (χ0v) is 24.3. The summed E-state index contributed by atoms with van der Waals surface area (Å²) in [6, 6.07) is 0. The van der Waals surface area contributed by atoms with E-state index in [9.17, 15) is 35.1 Å². The SMILES string of the molecule is CC[C@H]1OC(=O)[C@H](C)C(O)[C@H](C)[C@@H](OC2O[C@H](C)C[C@H](C)[C@H]2O)[C@](C)(O)C[C@@H](C)C(=O)[C@H](C)[C@@H](O)[C@]1(C)O. The number of cyclic esters (lactones) is 1. The summed E-state index contributed by atoms with van der Waals surface area (Å²) in [5, 5.41) is 55.9. The second-order valence-electron chi connectivity index (χ2n) is 12.4. The Balaban J connectivity index is 2.53. The lowest BCUT2D eigenvalue weighted by Gasteiger charge is -2.46. The van der Waals surface area contributed by atoms with E-state index < -0.39 is 83.4 Å². The molecule has 38 heavy (non-hydrogen) atoms. The molecule has 2 aliphatic rings. The molecule has 2 heterocycles. The van der Waals surface area contributed by atoms with Gasteiger partial charge in [0.2, 0.25) is 0 Å². The van der Waals surface area contributed by atoms with E-state index in [-0.39, 0.29) is 24.9 Å². The standard InChI is InChI=1S/C28H50O10/c1-10-19-28(9,35)23(32)16(5)20(29)14(3)12-27(8,34)24(17(6)22(31)18(7)25(33)37-19)38-26-21(30)13(2)11-15(4)36-26/h13-19,21-24,26,30-32,34-35H,10-12H2,1-9H3/t13-,14+,15+,16-,17-,18+,19+,21+,22?,23+,24+,26?,27+,28+/m0/s1. The maximum Gasteiger partial charge on any atom is 0.311 e. The molecule has 0 aromatic rings. The summed E-state index contributed by atoms with van der Waals surface area (Å²) in [5.41, 5.74) is -3.65. The molecule has 10 nitrogen and oxygen atoms in total. The van der Waals surface area contributed by atoms with E-state index in [1.165, 1.54) is 27.7 Å². The van der Waals surface area contributed by atoms with E-state index in [1.54, 1.807) is 20.8 Å². The van der Waals surface area contributed by atoms with Crippen LogP contribution in [0.5, 0.6) is 0 Å². The molecular weight excluding hydrogens is 496 g/mol. The van der Waals surface area contributed by atoms with Crippen LogP contribution < -0.4 is 0 Å². The first kappa shape index (κ1) is 33.1. The molecule has 0 saturated carbocycles. The van der Waals surface area contributed by atoms with E-state index in [0.717, 1.165) is 0 Å². The number of carbonyl (C=O) groups is 2. The lowest BCUT2D eigenvalue weighted by atomic mass is 9.74.